The van der Waals surface area contributed by atoms with Crippen LogP contribution in [0.4, 0.5) is 0 Å². The molecule has 1 atom stereocenters. The molecule has 0 spiro atoms. The molecule has 1 aromatic heterocycles. The van der Waals surface area contributed by atoms with Crippen molar-refractivity contribution in [2.45, 2.75) is 18.9 Å². The van der Waals surface area contributed by atoms with Crippen molar-refractivity contribution in [1.82, 2.24) is 4.90 Å². The number of aliphatic hydroxyl groups excluding tert-OH is 1. The number of carbonyl (C=O) groups excluding carboxylic acids is 1. The molecular formula is C24H25NO7. The molecule has 0 radical (unpaired) electrons. The van der Waals surface area contributed by atoms with Gasteiger partial charge in [-0.3, -0.25) is 9.59 Å². The third kappa shape index (κ3) is 4.13. The average Bonchev–Trinajstić information content (AvgIpc) is 3.31. The van der Waals surface area contributed by atoms with Crippen LogP contribution in [0.25, 0.3) is 22.1 Å². The predicted molar refractivity (Wildman–Crippen MR) is 118 cm³/mol. The number of ether oxygens (including phenoxy) is 3. The van der Waals surface area contributed by atoms with Crippen LogP contribution in [-0.2, 0) is 4.79 Å². The maximum absolute atomic E-state index is 13.0. The van der Waals surface area contributed by atoms with Crippen molar-refractivity contribution < 1.29 is 28.5 Å². The van der Waals surface area contributed by atoms with Crippen LogP contribution in [0.3, 0.4) is 0 Å². The van der Waals surface area contributed by atoms with E-state index in [1.54, 1.807) is 48.4 Å². The summed E-state index contributed by atoms with van der Waals surface area (Å²) >= 11 is 0. The van der Waals surface area contributed by atoms with E-state index in [9.17, 15) is 14.7 Å². The number of hydrogen-bond donors (Lipinski definition) is 1. The number of hydrogen-bond acceptors (Lipinski definition) is 7. The highest BCUT2D eigenvalue weighted by molar-refractivity contribution is 5.83. The van der Waals surface area contributed by atoms with E-state index in [2.05, 4.69) is 0 Å². The Kier molecular flexibility index (Phi) is 6.32. The molecule has 32 heavy (non-hydrogen) atoms. The maximum Gasteiger partial charge on any atom is 0.260 e. The van der Waals surface area contributed by atoms with E-state index in [0.717, 1.165) is 12.8 Å². The zero-order chi connectivity index (χ0) is 22.7. The van der Waals surface area contributed by atoms with Gasteiger partial charge in [0, 0.05) is 12.6 Å². The zero-order valence-electron chi connectivity index (χ0n) is 18.0. The van der Waals surface area contributed by atoms with Crippen LogP contribution in [0.2, 0.25) is 0 Å². The maximum atomic E-state index is 13.0. The van der Waals surface area contributed by atoms with Crippen molar-refractivity contribution in [1.29, 1.82) is 0 Å². The second-order valence-corrected chi connectivity index (χ2v) is 7.56. The van der Waals surface area contributed by atoms with Gasteiger partial charge in [0.1, 0.15) is 17.6 Å². The highest BCUT2D eigenvalue weighted by Gasteiger charge is 2.28. The van der Waals surface area contributed by atoms with Gasteiger partial charge in [0.25, 0.3) is 5.91 Å². The summed E-state index contributed by atoms with van der Waals surface area (Å²) < 4.78 is 21.9. The Balaban J connectivity index is 1.55. The highest BCUT2D eigenvalue weighted by Crippen LogP contribution is 2.32. The first-order valence-electron chi connectivity index (χ1n) is 10.4. The topological polar surface area (TPSA) is 98.4 Å². The Hall–Kier alpha value is -3.52. The lowest BCUT2D eigenvalue weighted by molar-refractivity contribution is -0.134. The largest absolute Gasteiger partial charge is 0.493 e. The van der Waals surface area contributed by atoms with Crippen LogP contribution in [0, 0.1) is 0 Å². The Morgan fingerprint density at radius 3 is 2.72 bits per heavy atom. The molecule has 1 aliphatic rings. The molecule has 0 aliphatic carbocycles. The Bertz CT molecular complexity index is 1190. The lowest BCUT2D eigenvalue weighted by atomic mass is 10.0. The van der Waals surface area contributed by atoms with E-state index in [-0.39, 0.29) is 30.6 Å². The molecule has 1 amide bonds. The highest BCUT2D eigenvalue weighted by atomic mass is 16.5. The minimum absolute atomic E-state index is 0.0464. The van der Waals surface area contributed by atoms with Crippen molar-refractivity contribution in [3.8, 4) is 28.4 Å². The monoisotopic (exact) mass is 439 g/mol. The number of likely N-dealkylation sites (tertiary alicyclic amines) is 1. The summed E-state index contributed by atoms with van der Waals surface area (Å²) in [6.45, 7) is 0.435. The Labute approximate surface area is 184 Å². The quantitative estimate of drug-likeness (QED) is 0.604. The van der Waals surface area contributed by atoms with Gasteiger partial charge in [-0.05, 0) is 42.7 Å². The van der Waals surface area contributed by atoms with Crippen molar-refractivity contribution in [3.63, 3.8) is 0 Å². The van der Waals surface area contributed by atoms with Crippen LogP contribution in [-0.4, -0.2) is 55.9 Å². The molecule has 8 nitrogen and oxygen atoms in total. The lowest BCUT2D eigenvalue weighted by Gasteiger charge is -2.22. The van der Waals surface area contributed by atoms with Crippen molar-refractivity contribution in [2.24, 2.45) is 0 Å². The first kappa shape index (κ1) is 21.7. The molecule has 2 aromatic carbocycles. The van der Waals surface area contributed by atoms with Gasteiger partial charge in [-0.25, -0.2) is 0 Å². The minimum atomic E-state index is -0.191. The minimum Gasteiger partial charge on any atom is -0.493 e. The van der Waals surface area contributed by atoms with Gasteiger partial charge in [-0.1, -0.05) is 6.07 Å². The summed E-state index contributed by atoms with van der Waals surface area (Å²) in [5, 5.41) is 9.78. The van der Waals surface area contributed by atoms with Gasteiger partial charge in [-0.15, -0.1) is 0 Å². The van der Waals surface area contributed by atoms with Gasteiger partial charge in [0.2, 0.25) is 0 Å². The lowest BCUT2D eigenvalue weighted by Crippen LogP contribution is -2.40. The molecule has 0 bridgehead atoms. The molecule has 3 aromatic rings. The normalized spacial score (nSPS) is 15.7. The fraction of sp³-hybridized carbons (Fsp3) is 0.333. The van der Waals surface area contributed by atoms with Gasteiger partial charge in [0.05, 0.1) is 37.8 Å². The number of nitrogens with zero attached hydrogens (tertiary/aromatic N) is 1. The average molecular weight is 439 g/mol. The van der Waals surface area contributed by atoms with Gasteiger partial charge in [0.15, 0.2) is 23.5 Å². The number of amides is 1. The summed E-state index contributed by atoms with van der Waals surface area (Å²) in [7, 11) is 3.08. The number of benzene rings is 2. The molecule has 1 fully saturated rings. The molecule has 1 N–H and O–H groups in total. The van der Waals surface area contributed by atoms with E-state index in [1.807, 2.05) is 0 Å². The third-order valence-electron chi connectivity index (χ3n) is 5.71. The fourth-order valence-corrected chi connectivity index (χ4v) is 3.98. The molecule has 1 unspecified atom stereocenters. The number of methoxy groups -OCH3 is 2. The second-order valence-electron chi connectivity index (χ2n) is 7.56. The van der Waals surface area contributed by atoms with Gasteiger partial charge < -0.3 is 28.6 Å². The number of aliphatic hydroxyl groups is 1. The van der Waals surface area contributed by atoms with E-state index < -0.39 is 0 Å². The predicted octanol–water partition coefficient (Wildman–Crippen LogP) is 2.84. The van der Waals surface area contributed by atoms with Crippen LogP contribution in [0.5, 0.6) is 17.2 Å². The number of rotatable bonds is 7. The Morgan fingerprint density at radius 1 is 1.16 bits per heavy atom. The summed E-state index contributed by atoms with van der Waals surface area (Å²) in [6.07, 6.45) is 3.07. The zero-order valence-corrected chi connectivity index (χ0v) is 18.0. The van der Waals surface area contributed by atoms with E-state index in [4.69, 9.17) is 18.6 Å². The van der Waals surface area contributed by atoms with Crippen LogP contribution in [0.1, 0.15) is 12.8 Å². The summed E-state index contributed by atoms with van der Waals surface area (Å²) in [5.74, 6) is 1.33. The summed E-state index contributed by atoms with van der Waals surface area (Å²) in [5.41, 5.74) is 1.21. The molecular weight excluding hydrogens is 414 g/mol. The van der Waals surface area contributed by atoms with Gasteiger partial charge in [-0.2, -0.15) is 0 Å². The summed E-state index contributed by atoms with van der Waals surface area (Å²) in [4.78, 5) is 27.1. The molecule has 2 heterocycles. The van der Waals surface area contributed by atoms with Crippen molar-refractivity contribution >= 4 is 16.9 Å². The molecule has 8 heteroatoms. The molecule has 1 saturated heterocycles. The first-order chi connectivity index (χ1) is 15.5. The van der Waals surface area contributed by atoms with E-state index in [0.29, 0.717) is 45.9 Å². The van der Waals surface area contributed by atoms with Gasteiger partial charge >= 0.3 is 0 Å². The molecule has 0 saturated carbocycles. The molecule has 168 valence electrons. The van der Waals surface area contributed by atoms with Crippen LogP contribution in [0.15, 0.2) is 51.9 Å². The van der Waals surface area contributed by atoms with Crippen molar-refractivity contribution in [3.05, 3.63) is 52.9 Å². The van der Waals surface area contributed by atoms with Crippen LogP contribution >= 0.6 is 0 Å². The van der Waals surface area contributed by atoms with E-state index in [1.165, 1.54) is 13.4 Å². The second kappa shape index (κ2) is 9.32. The smallest absolute Gasteiger partial charge is 0.260 e. The number of carbonyl (C=O) groups is 1. The molecule has 1 aliphatic heterocycles. The first-order valence-corrected chi connectivity index (χ1v) is 10.4. The summed E-state index contributed by atoms with van der Waals surface area (Å²) in [6, 6.07) is 9.92. The fourth-order valence-electron chi connectivity index (χ4n) is 3.98. The molecule has 4 rings (SSSR count). The third-order valence-corrected chi connectivity index (χ3v) is 5.71. The standard InChI is InChI=1S/C24H25NO7/c1-29-20-8-5-15(10-22(20)30-2)19-13-32-21-11-17(6-7-18(21)24(19)28)31-14-23(27)25-9-3-4-16(25)12-26/h5-8,10-11,13,16,26H,3-4,9,12,14H2,1-2H3. The number of fused-ring (bicyclic) bond motifs is 1. The van der Waals surface area contributed by atoms with Crippen molar-refractivity contribution in [2.75, 3.05) is 34.0 Å². The van der Waals surface area contributed by atoms with Crippen LogP contribution < -0.4 is 19.6 Å². The Morgan fingerprint density at radius 2 is 1.97 bits per heavy atom. The van der Waals surface area contributed by atoms with E-state index >= 15 is 0 Å². The SMILES string of the molecule is COc1ccc(-c2coc3cc(OCC(=O)N4CCCC4CO)ccc3c2=O)cc1OC.